The average Bonchev–Trinajstić information content (AvgIpc) is 2.41. The summed E-state index contributed by atoms with van der Waals surface area (Å²) in [7, 11) is 0. The van der Waals surface area contributed by atoms with Crippen molar-refractivity contribution in [1.82, 2.24) is 0 Å². The van der Waals surface area contributed by atoms with Crippen LogP contribution in [0.5, 0.6) is 0 Å². The van der Waals surface area contributed by atoms with E-state index in [1.54, 1.807) is 0 Å². The van der Waals surface area contributed by atoms with Crippen LogP contribution >= 0.6 is 15.9 Å². The van der Waals surface area contributed by atoms with Gasteiger partial charge in [-0.2, -0.15) is 0 Å². The first-order valence-corrected chi connectivity index (χ1v) is 6.83. The number of nitrogens with one attached hydrogen (secondary N) is 1. The summed E-state index contributed by atoms with van der Waals surface area (Å²) < 4.78 is 6.38. The molecule has 1 unspecified atom stereocenters. The van der Waals surface area contributed by atoms with Crippen molar-refractivity contribution in [1.29, 1.82) is 0 Å². The molecule has 3 nitrogen and oxygen atoms in total. The summed E-state index contributed by atoms with van der Waals surface area (Å²) in [6.07, 6.45) is 0.0388. The summed E-state index contributed by atoms with van der Waals surface area (Å²) in [5, 5.41) is 2.72. The first-order valence-electron chi connectivity index (χ1n) is 6.03. The fourth-order valence-corrected chi connectivity index (χ4v) is 2.60. The maximum absolute atomic E-state index is 11.6. The molecule has 1 atom stereocenters. The summed E-state index contributed by atoms with van der Waals surface area (Å²) in [4.78, 5) is 11.6. The topological polar surface area (TPSA) is 38.3 Å². The van der Waals surface area contributed by atoms with Crippen molar-refractivity contribution in [2.45, 2.75) is 12.5 Å². The minimum absolute atomic E-state index is 0.247. The van der Waals surface area contributed by atoms with Gasteiger partial charge in [0.2, 0.25) is 0 Å². The van der Waals surface area contributed by atoms with Gasteiger partial charge in [-0.15, -0.1) is 0 Å². The molecule has 1 heterocycles. The molecule has 0 radical (unpaired) electrons. The number of halogens is 1. The van der Waals surface area contributed by atoms with Crippen LogP contribution in [0.2, 0.25) is 0 Å². The van der Waals surface area contributed by atoms with E-state index in [2.05, 4.69) is 21.2 Å². The Labute approximate surface area is 119 Å². The predicted molar refractivity (Wildman–Crippen MR) is 77.1 cm³/mol. The summed E-state index contributed by atoms with van der Waals surface area (Å²) >= 11 is 3.45. The van der Waals surface area contributed by atoms with Crippen molar-refractivity contribution in [3.05, 3.63) is 64.1 Å². The Morgan fingerprint density at radius 2 is 1.95 bits per heavy atom. The van der Waals surface area contributed by atoms with E-state index in [0.717, 1.165) is 21.3 Å². The molecule has 0 aromatic heterocycles. The van der Waals surface area contributed by atoms with E-state index in [4.69, 9.17) is 4.74 Å². The summed E-state index contributed by atoms with van der Waals surface area (Å²) in [6, 6.07) is 15.8. The van der Waals surface area contributed by atoms with Crippen LogP contribution in [-0.4, -0.2) is 6.09 Å². The molecule has 2 aromatic carbocycles. The van der Waals surface area contributed by atoms with Crippen LogP contribution in [0.25, 0.3) is 0 Å². The van der Waals surface area contributed by atoms with Crippen molar-refractivity contribution < 1.29 is 9.53 Å². The van der Waals surface area contributed by atoms with Crippen molar-refractivity contribution in [2.24, 2.45) is 0 Å². The van der Waals surface area contributed by atoms with Gasteiger partial charge in [-0.25, -0.2) is 4.79 Å². The Morgan fingerprint density at radius 1 is 1.16 bits per heavy atom. The molecule has 0 spiro atoms. The standard InChI is InChI=1S/C15H12BrNO2/c16-11-6-7-13-12(9-11)14(19-15(18)17-13)8-10-4-2-1-3-5-10/h1-7,9,14H,8H2,(H,17,18). The molecule has 19 heavy (non-hydrogen) atoms. The van der Waals surface area contributed by atoms with Crippen LogP contribution in [0, 0.1) is 0 Å². The molecule has 0 bridgehead atoms. The van der Waals surface area contributed by atoms with Gasteiger partial charge in [0.15, 0.2) is 0 Å². The molecule has 0 aliphatic carbocycles. The van der Waals surface area contributed by atoms with Crippen LogP contribution in [0.3, 0.4) is 0 Å². The highest BCUT2D eigenvalue weighted by atomic mass is 79.9. The lowest BCUT2D eigenvalue weighted by molar-refractivity contribution is 0.106. The molecule has 2 aromatic rings. The van der Waals surface area contributed by atoms with Gasteiger partial charge < -0.3 is 4.74 Å². The molecule has 1 amide bonds. The monoisotopic (exact) mass is 317 g/mol. The van der Waals surface area contributed by atoms with Crippen molar-refractivity contribution >= 4 is 27.7 Å². The third-order valence-corrected chi connectivity index (χ3v) is 3.60. The molecule has 4 heteroatoms. The fraction of sp³-hybridized carbons (Fsp3) is 0.133. The highest BCUT2D eigenvalue weighted by Crippen LogP contribution is 2.34. The van der Waals surface area contributed by atoms with Gasteiger partial charge in [-0.05, 0) is 23.8 Å². The number of hydrogen-bond donors (Lipinski definition) is 1. The lowest BCUT2D eigenvalue weighted by Gasteiger charge is -2.26. The molecule has 96 valence electrons. The maximum Gasteiger partial charge on any atom is 0.412 e. The van der Waals surface area contributed by atoms with E-state index in [1.165, 1.54) is 0 Å². The van der Waals surface area contributed by atoms with Gasteiger partial charge >= 0.3 is 6.09 Å². The number of cyclic esters (lactones) is 1. The maximum atomic E-state index is 11.6. The van der Waals surface area contributed by atoms with Crippen molar-refractivity contribution in [2.75, 3.05) is 5.32 Å². The first kappa shape index (κ1) is 12.2. The number of carbonyl (C=O) groups is 1. The Bertz CT molecular complexity index is 613. The number of rotatable bonds is 2. The molecule has 1 N–H and O–H groups in total. The van der Waals surface area contributed by atoms with E-state index < -0.39 is 6.09 Å². The zero-order valence-corrected chi connectivity index (χ0v) is 11.7. The lowest BCUT2D eigenvalue weighted by Crippen LogP contribution is -2.25. The largest absolute Gasteiger partial charge is 0.441 e. The molecule has 0 fully saturated rings. The van der Waals surface area contributed by atoms with Gasteiger partial charge in [-0.1, -0.05) is 46.3 Å². The highest BCUT2D eigenvalue weighted by molar-refractivity contribution is 9.10. The minimum Gasteiger partial charge on any atom is -0.441 e. The lowest BCUT2D eigenvalue weighted by atomic mass is 9.99. The smallest absolute Gasteiger partial charge is 0.412 e. The third kappa shape index (κ3) is 2.63. The second-order valence-electron chi connectivity index (χ2n) is 4.44. The second kappa shape index (κ2) is 5.05. The Balaban J connectivity index is 1.94. The Kier molecular flexibility index (Phi) is 3.25. The molecule has 0 saturated heterocycles. The number of amides is 1. The highest BCUT2D eigenvalue weighted by Gasteiger charge is 2.26. The van der Waals surface area contributed by atoms with Crippen molar-refractivity contribution in [3.8, 4) is 0 Å². The van der Waals surface area contributed by atoms with Gasteiger partial charge in [-0.3, -0.25) is 5.32 Å². The molecule has 3 rings (SSSR count). The van der Waals surface area contributed by atoms with Gasteiger partial charge in [0.05, 0.1) is 5.69 Å². The van der Waals surface area contributed by atoms with E-state index in [-0.39, 0.29) is 6.10 Å². The summed E-state index contributed by atoms with van der Waals surface area (Å²) in [5.74, 6) is 0. The van der Waals surface area contributed by atoms with E-state index in [0.29, 0.717) is 6.42 Å². The third-order valence-electron chi connectivity index (χ3n) is 3.11. The number of benzene rings is 2. The molecule has 0 saturated carbocycles. The zero-order valence-electron chi connectivity index (χ0n) is 10.1. The molecular weight excluding hydrogens is 306 g/mol. The molecule has 1 aliphatic rings. The number of anilines is 1. The van der Waals surface area contributed by atoms with E-state index in [9.17, 15) is 4.79 Å². The van der Waals surface area contributed by atoms with Gasteiger partial charge in [0, 0.05) is 16.5 Å². The number of hydrogen-bond acceptors (Lipinski definition) is 2. The van der Waals surface area contributed by atoms with Crippen LogP contribution in [0.1, 0.15) is 17.2 Å². The second-order valence-corrected chi connectivity index (χ2v) is 5.36. The quantitative estimate of drug-likeness (QED) is 0.897. The van der Waals surface area contributed by atoms with Crippen molar-refractivity contribution in [3.63, 3.8) is 0 Å². The van der Waals surface area contributed by atoms with Crippen LogP contribution in [0.4, 0.5) is 10.5 Å². The van der Waals surface area contributed by atoms with Crippen LogP contribution in [-0.2, 0) is 11.2 Å². The van der Waals surface area contributed by atoms with Gasteiger partial charge in [0.1, 0.15) is 6.10 Å². The molecule has 1 aliphatic heterocycles. The van der Waals surface area contributed by atoms with E-state index in [1.807, 2.05) is 48.5 Å². The SMILES string of the molecule is O=C1Nc2ccc(Br)cc2C(Cc2ccccc2)O1. The normalized spacial score (nSPS) is 17.3. The summed E-state index contributed by atoms with van der Waals surface area (Å²) in [5.41, 5.74) is 2.96. The fourth-order valence-electron chi connectivity index (χ4n) is 2.23. The van der Waals surface area contributed by atoms with Crippen LogP contribution < -0.4 is 5.32 Å². The predicted octanol–water partition coefficient (Wildman–Crippen LogP) is 4.30. The minimum atomic E-state index is -0.393. The Hall–Kier alpha value is -1.81. The average molecular weight is 318 g/mol. The summed E-state index contributed by atoms with van der Waals surface area (Å²) in [6.45, 7) is 0. The van der Waals surface area contributed by atoms with E-state index >= 15 is 0 Å². The van der Waals surface area contributed by atoms with Gasteiger partial charge in [0.25, 0.3) is 0 Å². The van der Waals surface area contributed by atoms with Crippen LogP contribution in [0.15, 0.2) is 53.0 Å². The number of fused-ring (bicyclic) bond motifs is 1. The Morgan fingerprint density at radius 3 is 2.74 bits per heavy atom. The first-order chi connectivity index (χ1) is 9.22. The zero-order chi connectivity index (χ0) is 13.2. The number of ether oxygens (including phenoxy) is 1. The molecular formula is C15H12BrNO2. The number of carbonyl (C=O) groups excluding carboxylic acids is 1.